The molecule has 0 saturated carbocycles. The summed E-state index contributed by atoms with van der Waals surface area (Å²) in [5.41, 5.74) is 1.55. The number of hydrogen-bond acceptors (Lipinski definition) is 10. The van der Waals surface area contributed by atoms with Crippen molar-refractivity contribution >= 4 is 23.9 Å². The molecule has 0 unspecified atom stereocenters. The molecule has 0 aliphatic rings. The second kappa shape index (κ2) is 14.6. The molecule has 10 heteroatoms. The van der Waals surface area contributed by atoms with Gasteiger partial charge in [-0.2, -0.15) is 0 Å². The fraction of sp³-hybridized carbons (Fsp3) is 0.214. The molecule has 38 heavy (non-hydrogen) atoms. The molecule has 1 atom stereocenters. The summed E-state index contributed by atoms with van der Waals surface area (Å²) in [6.45, 7) is -0.965. The summed E-state index contributed by atoms with van der Waals surface area (Å²) in [7, 11) is 1.13. The number of hydrogen-bond donors (Lipinski definition) is 0. The van der Waals surface area contributed by atoms with Gasteiger partial charge in [0.1, 0.15) is 24.7 Å². The third-order valence-electron chi connectivity index (χ3n) is 4.88. The number of esters is 4. The molecule has 3 rings (SSSR count). The first kappa shape index (κ1) is 27.7. The van der Waals surface area contributed by atoms with Crippen LogP contribution in [0.1, 0.15) is 11.1 Å². The lowest BCUT2D eigenvalue weighted by molar-refractivity contribution is -0.166. The molecule has 0 aliphatic heterocycles. The minimum Gasteiger partial charge on any atom is -0.482 e. The lowest BCUT2D eigenvalue weighted by Crippen LogP contribution is -2.38. The molecular formula is C28H26O10. The monoisotopic (exact) mass is 522 g/mol. The standard InChI is InChI=1S/C28H26O10/c1-33-27(31)26(28(32)37-17-21-10-6-3-7-11-21)38-23-14-12-22(13-15-23)34-18-24(29)36-19-25(30)35-16-20-8-4-2-5-9-20/h2-15,26H,16-19H2,1H3/t26-/m1/s1. The smallest absolute Gasteiger partial charge is 0.359 e. The largest absolute Gasteiger partial charge is 0.482 e. The minimum absolute atomic E-state index is 0.0375. The third kappa shape index (κ3) is 9.30. The van der Waals surface area contributed by atoms with E-state index in [1.807, 2.05) is 24.3 Å². The quantitative estimate of drug-likeness (QED) is 0.188. The van der Waals surface area contributed by atoms with Crippen molar-refractivity contribution in [3.05, 3.63) is 96.1 Å². The Balaban J connectivity index is 1.42. The zero-order valence-corrected chi connectivity index (χ0v) is 20.6. The van der Waals surface area contributed by atoms with Gasteiger partial charge in [-0.15, -0.1) is 0 Å². The molecule has 0 aliphatic carbocycles. The second-order valence-corrected chi connectivity index (χ2v) is 7.68. The molecule has 0 radical (unpaired) electrons. The van der Waals surface area contributed by atoms with Crippen LogP contribution in [0.5, 0.6) is 11.5 Å². The zero-order chi connectivity index (χ0) is 27.2. The van der Waals surface area contributed by atoms with Gasteiger partial charge in [-0.25, -0.2) is 19.2 Å². The summed E-state index contributed by atoms with van der Waals surface area (Å²) >= 11 is 0. The summed E-state index contributed by atoms with van der Waals surface area (Å²) in [5, 5.41) is 0. The Morgan fingerprint density at radius 2 is 1.13 bits per heavy atom. The summed E-state index contributed by atoms with van der Waals surface area (Å²) in [5.74, 6) is -2.85. The first-order chi connectivity index (χ1) is 18.4. The van der Waals surface area contributed by atoms with Gasteiger partial charge in [0.15, 0.2) is 13.2 Å². The number of carbonyl (C=O) groups excluding carboxylic acids is 4. The average Bonchev–Trinajstić information content (AvgIpc) is 2.96. The first-order valence-electron chi connectivity index (χ1n) is 11.5. The topological polar surface area (TPSA) is 124 Å². The van der Waals surface area contributed by atoms with Gasteiger partial charge < -0.3 is 28.4 Å². The van der Waals surface area contributed by atoms with Gasteiger partial charge in [-0.3, -0.25) is 0 Å². The van der Waals surface area contributed by atoms with Crippen molar-refractivity contribution < 1.29 is 47.6 Å². The fourth-order valence-corrected chi connectivity index (χ4v) is 2.96. The van der Waals surface area contributed by atoms with Gasteiger partial charge in [-0.05, 0) is 35.4 Å². The van der Waals surface area contributed by atoms with Crippen LogP contribution in [0.4, 0.5) is 0 Å². The SMILES string of the molecule is COC(=O)[C@@H](Oc1ccc(OCC(=O)OCC(=O)OCc2ccccc2)cc1)C(=O)OCc1ccccc1. The average molecular weight is 523 g/mol. The number of ether oxygens (including phenoxy) is 6. The van der Waals surface area contributed by atoms with Crippen molar-refractivity contribution in [3.63, 3.8) is 0 Å². The number of benzene rings is 3. The Morgan fingerprint density at radius 1 is 0.605 bits per heavy atom. The maximum atomic E-state index is 12.4. The van der Waals surface area contributed by atoms with Gasteiger partial charge in [0, 0.05) is 0 Å². The van der Waals surface area contributed by atoms with E-state index in [-0.39, 0.29) is 24.7 Å². The number of carbonyl (C=O) groups is 4. The van der Waals surface area contributed by atoms with Crippen molar-refractivity contribution in [1.82, 2.24) is 0 Å². The van der Waals surface area contributed by atoms with E-state index < -0.39 is 43.2 Å². The van der Waals surface area contributed by atoms with Crippen molar-refractivity contribution in [2.75, 3.05) is 20.3 Å². The van der Waals surface area contributed by atoms with Crippen LogP contribution < -0.4 is 9.47 Å². The highest BCUT2D eigenvalue weighted by atomic mass is 16.6. The van der Waals surface area contributed by atoms with Crippen molar-refractivity contribution in [2.45, 2.75) is 19.3 Å². The second-order valence-electron chi connectivity index (χ2n) is 7.68. The van der Waals surface area contributed by atoms with Crippen LogP contribution in [0, 0.1) is 0 Å². The van der Waals surface area contributed by atoms with Gasteiger partial charge in [-0.1, -0.05) is 60.7 Å². The molecule has 0 amide bonds. The maximum Gasteiger partial charge on any atom is 0.359 e. The van der Waals surface area contributed by atoms with Crippen molar-refractivity contribution in [3.8, 4) is 11.5 Å². The van der Waals surface area contributed by atoms with E-state index in [2.05, 4.69) is 4.74 Å². The molecule has 10 nitrogen and oxygen atoms in total. The van der Waals surface area contributed by atoms with Gasteiger partial charge >= 0.3 is 23.9 Å². The van der Waals surface area contributed by atoms with E-state index in [1.54, 1.807) is 36.4 Å². The van der Waals surface area contributed by atoms with Gasteiger partial charge in [0.2, 0.25) is 0 Å². The zero-order valence-electron chi connectivity index (χ0n) is 20.6. The molecule has 0 spiro atoms. The highest BCUT2D eigenvalue weighted by Crippen LogP contribution is 2.20. The predicted molar refractivity (Wildman–Crippen MR) is 132 cm³/mol. The highest BCUT2D eigenvalue weighted by molar-refractivity contribution is 5.98. The Bertz CT molecular complexity index is 1190. The Hall–Kier alpha value is -4.86. The molecule has 0 saturated heterocycles. The van der Waals surface area contributed by atoms with Crippen LogP contribution in [0.25, 0.3) is 0 Å². The van der Waals surface area contributed by atoms with Crippen LogP contribution in [-0.2, 0) is 51.3 Å². The Labute approximate surface area is 219 Å². The summed E-state index contributed by atoms with van der Waals surface area (Å²) in [6.07, 6.45) is -1.63. The molecule has 0 heterocycles. The summed E-state index contributed by atoms with van der Waals surface area (Å²) in [6, 6.07) is 23.8. The van der Waals surface area contributed by atoms with E-state index in [9.17, 15) is 19.2 Å². The van der Waals surface area contributed by atoms with E-state index in [4.69, 9.17) is 23.7 Å². The van der Waals surface area contributed by atoms with Crippen LogP contribution in [-0.4, -0.2) is 50.3 Å². The highest BCUT2D eigenvalue weighted by Gasteiger charge is 2.31. The van der Waals surface area contributed by atoms with E-state index in [1.165, 1.54) is 24.3 Å². The predicted octanol–water partition coefficient (Wildman–Crippen LogP) is 3.02. The van der Waals surface area contributed by atoms with Crippen LogP contribution in [0.2, 0.25) is 0 Å². The molecule has 0 aromatic heterocycles. The fourth-order valence-electron chi connectivity index (χ4n) is 2.96. The molecule has 0 N–H and O–H groups in total. The summed E-state index contributed by atoms with van der Waals surface area (Å²) in [4.78, 5) is 48.1. The molecule has 3 aromatic carbocycles. The number of methoxy groups -OCH3 is 1. The Kier molecular flexibility index (Phi) is 10.7. The van der Waals surface area contributed by atoms with Crippen LogP contribution >= 0.6 is 0 Å². The third-order valence-corrected chi connectivity index (χ3v) is 4.88. The normalized spacial score (nSPS) is 11.0. The molecule has 3 aromatic rings. The van der Waals surface area contributed by atoms with Crippen molar-refractivity contribution in [1.29, 1.82) is 0 Å². The molecule has 0 bridgehead atoms. The minimum atomic E-state index is -1.63. The van der Waals surface area contributed by atoms with E-state index >= 15 is 0 Å². The van der Waals surface area contributed by atoms with Crippen LogP contribution in [0.3, 0.4) is 0 Å². The van der Waals surface area contributed by atoms with Gasteiger partial charge in [0.05, 0.1) is 7.11 Å². The maximum absolute atomic E-state index is 12.4. The van der Waals surface area contributed by atoms with Crippen LogP contribution in [0.15, 0.2) is 84.9 Å². The Morgan fingerprint density at radius 3 is 1.71 bits per heavy atom. The first-order valence-corrected chi connectivity index (χ1v) is 11.5. The molecular weight excluding hydrogens is 496 g/mol. The lowest BCUT2D eigenvalue weighted by Gasteiger charge is -2.16. The van der Waals surface area contributed by atoms with Crippen molar-refractivity contribution in [2.24, 2.45) is 0 Å². The number of rotatable bonds is 13. The molecule has 0 fully saturated rings. The lowest BCUT2D eigenvalue weighted by atomic mass is 10.2. The molecule has 198 valence electrons. The summed E-state index contributed by atoms with van der Waals surface area (Å²) < 4.78 is 30.5. The van der Waals surface area contributed by atoms with Gasteiger partial charge in [0.25, 0.3) is 6.10 Å². The van der Waals surface area contributed by atoms with E-state index in [0.717, 1.165) is 18.2 Å². The van der Waals surface area contributed by atoms with E-state index in [0.29, 0.717) is 0 Å².